The van der Waals surface area contributed by atoms with Crippen LogP contribution in [0.25, 0.3) is 11.3 Å². The molecule has 4 aromatic rings. The molecule has 0 aliphatic heterocycles. The molecule has 0 spiro atoms. The summed E-state index contributed by atoms with van der Waals surface area (Å²) in [6, 6.07) is 16.1. The second kappa shape index (κ2) is 11.2. The van der Waals surface area contributed by atoms with E-state index in [9.17, 15) is 13.2 Å². The van der Waals surface area contributed by atoms with Gasteiger partial charge in [-0.1, -0.05) is 35.5 Å². The van der Waals surface area contributed by atoms with Crippen LogP contribution in [0.2, 0.25) is 0 Å². The number of nitrogens with one attached hydrogen (secondary N) is 3. The van der Waals surface area contributed by atoms with Crippen molar-refractivity contribution in [3.63, 3.8) is 0 Å². The summed E-state index contributed by atoms with van der Waals surface area (Å²) in [6.45, 7) is 1.63. The molecular weight excluding hydrogens is 532 g/mol. The third kappa shape index (κ3) is 6.04. The minimum Gasteiger partial charge on any atom is -0.481 e. The van der Waals surface area contributed by atoms with Crippen molar-refractivity contribution in [2.24, 2.45) is 0 Å². The summed E-state index contributed by atoms with van der Waals surface area (Å²) in [6.07, 6.45) is 0. The second-order valence-electron chi connectivity index (χ2n) is 7.65. The number of ether oxygens (including phenoxy) is 2. The number of aryl methyl sites for hydroxylation is 1. The molecule has 0 bridgehead atoms. The van der Waals surface area contributed by atoms with Crippen LogP contribution in [0.15, 0.2) is 70.1 Å². The second-order valence-corrected chi connectivity index (χ2v) is 9.74. The molecule has 1 amide bonds. The minimum atomic E-state index is -3.99. The fourth-order valence-electron chi connectivity index (χ4n) is 3.33. The van der Waals surface area contributed by atoms with E-state index in [1.807, 2.05) is 30.3 Å². The van der Waals surface area contributed by atoms with E-state index in [2.05, 4.69) is 30.5 Å². The van der Waals surface area contributed by atoms with E-state index in [0.29, 0.717) is 17.1 Å². The summed E-state index contributed by atoms with van der Waals surface area (Å²) in [5.41, 5.74) is 1.82. The standard InChI is InChI=1S/C24H22N6O6S2/c1-14-20(21(29-36-14)15-7-5-4-6-8-15)22(31)28-24(37)25-16-9-11-17(12-10-16)38(32,33)30-18-13-19(34-2)27-23(26-18)35-3/h4-13H,1-3H3,(H,26,27,30)(H2,25,28,31,37). The number of hydrogen-bond donors (Lipinski definition) is 3. The van der Waals surface area contributed by atoms with Gasteiger partial charge in [0.1, 0.15) is 17.0 Å². The monoisotopic (exact) mass is 554 g/mol. The van der Waals surface area contributed by atoms with Crippen molar-refractivity contribution >= 4 is 44.8 Å². The van der Waals surface area contributed by atoms with Crippen LogP contribution < -0.4 is 24.8 Å². The molecule has 3 N–H and O–H groups in total. The number of nitrogens with zero attached hydrogens (tertiary/aromatic N) is 3. The fraction of sp³-hybridized carbons (Fsp3) is 0.125. The van der Waals surface area contributed by atoms with Gasteiger partial charge in [-0.05, 0) is 43.4 Å². The first-order chi connectivity index (χ1) is 18.2. The Morgan fingerprint density at radius 1 is 1.00 bits per heavy atom. The third-order valence-corrected chi connectivity index (χ3v) is 6.67. The topological polar surface area (TPSA) is 158 Å². The summed E-state index contributed by atoms with van der Waals surface area (Å²) >= 11 is 5.27. The lowest BCUT2D eigenvalue weighted by molar-refractivity contribution is 0.0976. The maximum atomic E-state index is 12.9. The smallest absolute Gasteiger partial charge is 0.321 e. The number of anilines is 2. The highest BCUT2D eigenvalue weighted by molar-refractivity contribution is 7.92. The molecule has 12 nitrogen and oxygen atoms in total. The molecule has 0 aliphatic rings. The minimum absolute atomic E-state index is 0.00326. The zero-order chi connectivity index (χ0) is 27.3. The summed E-state index contributed by atoms with van der Waals surface area (Å²) in [7, 11) is -1.26. The van der Waals surface area contributed by atoms with Gasteiger partial charge in [0.05, 0.1) is 19.1 Å². The Hall–Kier alpha value is -4.56. The largest absolute Gasteiger partial charge is 0.481 e. The third-order valence-electron chi connectivity index (χ3n) is 5.10. The van der Waals surface area contributed by atoms with Gasteiger partial charge in [0.15, 0.2) is 10.9 Å². The lowest BCUT2D eigenvalue weighted by Gasteiger charge is -2.12. The summed E-state index contributed by atoms with van der Waals surface area (Å²) < 4.78 is 43.2. The Labute approximate surface area is 223 Å². The van der Waals surface area contributed by atoms with E-state index < -0.39 is 15.9 Å². The predicted octanol–water partition coefficient (Wildman–Crippen LogP) is 3.38. The molecule has 196 valence electrons. The van der Waals surface area contributed by atoms with Crippen molar-refractivity contribution in [1.82, 2.24) is 20.4 Å². The lowest BCUT2D eigenvalue weighted by atomic mass is 10.1. The highest BCUT2D eigenvalue weighted by atomic mass is 32.2. The quantitative estimate of drug-likeness (QED) is 0.274. The molecular formula is C24H22N6O6S2. The first-order valence-corrected chi connectivity index (χ1v) is 12.8. The number of carbonyl (C=O) groups is 1. The number of benzene rings is 2. The van der Waals surface area contributed by atoms with Crippen LogP contribution in [0.4, 0.5) is 11.5 Å². The van der Waals surface area contributed by atoms with Crippen molar-refractivity contribution in [2.45, 2.75) is 11.8 Å². The molecule has 0 radical (unpaired) electrons. The van der Waals surface area contributed by atoms with E-state index in [4.69, 9.17) is 26.2 Å². The maximum absolute atomic E-state index is 12.9. The van der Waals surface area contributed by atoms with Gasteiger partial charge >= 0.3 is 6.01 Å². The van der Waals surface area contributed by atoms with Crippen LogP contribution >= 0.6 is 12.2 Å². The van der Waals surface area contributed by atoms with Crippen LogP contribution in [0.1, 0.15) is 16.1 Å². The SMILES string of the molecule is COc1cc(NS(=O)(=O)c2ccc(NC(=S)NC(=O)c3c(-c4ccccc4)noc3C)cc2)nc(OC)n1. The molecule has 0 saturated heterocycles. The van der Waals surface area contributed by atoms with E-state index >= 15 is 0 Å². The van der Waals surface area contributed by atoms with Gasteiger partial charge in [0.25, 0.3) is 15.9 Å². The Balaban J connectivity index is 1.43. The highest BCUT2D eigenvalue weighted by Gasteiger charge is 2.22. The van der Waals surface area contributed by atoms with E-state index in [-0.39, 0.29) is 33.3 Å². The Morgan fingerprint density at radius 2 is 1.71 bits per heavy atom. The zero-order valence-electron chi connectivity index (χ0n) is 20.4. The molecule has 2 aromatic heterocycles. The first kappa shape index (κ1) is 26.5. The normalized spacial score (nSPS) is 10.9. The van der Waals surface area contributed by atoms with Gasteiger partial charge in [-0.25, -0.2) is 8.42 Å². The van der Waals surface area contributed by atoms with Crippen LogP contribution in [0.3, 0.4) is 0 Å². The van der Waals surface area contributed by atoms with Crippen molar-refractivity contribution < 1.29 is 27.2 Å². The van der Waals surface area contributed by atoms with Crippen molar-refractivity contribution in [3.8, 4) is 23.1 Å². The van der Waals surface area contributed by atoms with E-state index in [1.165, 1.54) is 44.6 Å². The molecule has 38 heavy (non-hydrogen) atoms. The van der Waals surface area contributed by atoms with Crippen LogP contribution in [-0.2, 0) is 10.0 Å². The zero-order valence-corrected chi connectivity index (χ0v) is 22.0. The molecule has 4 rings (SSSR count). The first-order valence-electron chi connectivity index (χ1n) is 10.9. The molecule has 0 aliphatic carbocycles. The molecule has 0 fully saturated rings. The number of methoxy groups -OCH3 is 2. The molecule has 0 unspecified atom stereocenters. The van der Waals surface area contributed by atoms with E-state index in [1.54, 1.807) is 6.92 Å². The van der Waals surface area contributed by atoms with Gasteiger partial charge in [-0.15, -0.1) is 0 Å². The lowest BCUT2D eigenvalue weighted by Crippen LogP contribution is -2.34. The molecule has 14 heteroatoms. The Kier molecular flexibility index (Phi) is 7.83. The van der Waals surface area contributed by atoms with Gasteiger partial charge < -0.3 is 19.3 Å². The van der Waals surface area contributed by atoms with Crippen LogP contribution in [0.5, 0.6) is 11.9 Å². The summed E-state index contributed by atoms with van der Waals surface area (Å²) in [5, 5.41) is 9.44. The Morgan fingerprint density at radius 3 is 2.37 bits per heavy atom. The number of aromatic nitrogens is 3. The molecule has 0 saturated carbocycles. The van der Waals surface area contributed by atoms with Gasteiger partial charge in [-0.2, -0.15) is 9.97 Å². The van der Waals surface area contributed by atoms with Gasteiger partial charge in [0, 0.05) is 17.3 Å². The number of sulfonamides is 1. The van der Waals surface area contributed by atoms with E-state index in [0.717, 1.165) is 5.56 Å². The predicted molar refractivity (Wildman–Crippen MR) is 143 cm³/mol. The van der Waals surface area contributed by atoms with Gasteiger partial charge in [-0.3, -0.25) is 14.8 Å². The number of thiocarbonyl (C=S) groups is 1. The number of amides is 1. The molecule has 2 heterocycles. The average molecular weight is 555 g/mol. The van der Waals surface area contributed by atoms with Gasteiger partial charge in [0.2, 0.25) is 5.88 Å². The molecule has 2 aromatic carbocycles. The number of carbonyl (C=O) groups excluding carboxylic acids is 1. The average Bonchev–Trinajstić information content (AvgIpc) is 3.30. The molecule has 0 atom stereocenters. The summed E-state index contributed by atoms with van der Waals surface area (Å²) in [5.74, 6) is -0.0648. The number of hydrogen-bond acceptors (Lipinski definition) is 10. The maximum Gasteiger partial charge on any atom is 0.321 e. The Bertz CT molecular complexity index is 1550. The van der Waals surface area contributed by atoms with Crippen molar-refractivity contribution in [1.29, 1.82) is 0 Å². The van der Waals surface area contributed by atoms with Crippen molar-refractivity contribution in [3.05, 3.63) is 72.0 Å². The number of rotatable bonds is 8. The van der Waals surface area contributed by atoms with Crippen LogP contribution in [-0.4, -0.2) is 48.8 Å². The van der Waals surface area contributed by atoms with Crippen molar-refractivity contribution in [2.75, 3.05) is 24.3 Å². The van der Waals surface area contributed by atoms with Crippen LogP contribution in [0, 0.1) is 6.92 Å². The summed E-state index contributed by atoms with van der Waals surface area (Å²) in [4.78, 5) is 20.8. The highest BCUT2D eigenvalue weighted by Crippen LogP contribution is 2.25. The fourth-order valence-corrected chi connectivity index (χ4v) is 4.53.